The second-order valence-corrected chi connectivity index (χ2v) is 4.96. The molecule has 4 aromatic rings. The van der Waals surface area contributed by atoms with Gasteiger partial charge in [0.2, 0.25) is 0 Å². The van der Waals surface area contributed by atoms with E-state index in [9.17, 15) is 0 Å². The van der Waals surface area contributed by atoms with Crippen molar-refractivity contribution in [3.8, 4) is 5.69 Å². The second kappa shape index (κ2) is 6.06. The molecule has 3 nitrogen and oxygen atoms in total. The summed E-state index contributed by atoms with van der Waals surface area (Å²) in [4.78, 5) is 0. The third-order valence-electron chi connectivity index (χ3n) is 3.73. The van der Waals surface area contributed by atoms with Crippen molar-refractivity contribution in [2.45, 2.75) is 0 Å². The Labute approximate surface area is 129 Å². The summed E-state index contributed by atoms with van der Waals surface area (Å²) in [7, 11) is 5.80. The van der Waals surface area contributed by atoms with Gasteiger partial charge in [-0.25, -0.2) is 0 Å². The first-order valence-corrected chi connectivity index (χ1v) is 6.69. The third kappa shape index (κ3) is 2.28. The summed E-state index contributed by atoms with van der Waals surface area (Å²) in [5.41, 5.74) is 4.36. The molecular formula is C18H14BNO2. The molecule has 1 aromatic heterocycles. The maximum absolute atomic E-state index is 5.80. The zero-order valence-corrected chi connectivity index (χ0v) is 11.8. The molecule has 0 saturated carbocycles. The molecule has 3 aromatic carbocycles. The van der Waals surface area contributed by atoms with E-state index < -0.39 is 0 Å². The second-order valence-electron chi connectivity index (χ2n) is 4.96. The fourth-order valence-corrected chi connectivity index (χ4v) is 2.82. The molecule has 106 valence electrons. The van der Waals surface area contributed by atoms with Gasteiger partial charge in [0.15, 0.2) is 0 Å². The predicted octanol–water partition coefficient (Wildman–Crippen LogP) is 3.22. The van der Waals surface area contributed by atoms with Crippen LogP contribution in [0, 0.1) is 0 Å². The quantitative estimate of drug-likeness (QED) is 0.504. The van der Waals surface area contributed by atoms with Gasteiger partial charge in [-0.3, -0.25) is 0 Å². The van der Waals surface area contributed by atoms with Crippen molar-refractivity contribution in [1.82, 2.24) is 4.57 Å². The average Bonchev–Trinajstić information content (AvgIpc) is 2.83. The van der Waals surface area contributed by atoms with Gasteiger partial charge in [-0.1, -0.05) is 0 Å². The number of para-hydroxylation sites is 2. The Morgan fingerprint density at radius 3 is 1.55 bits per heavy atom. The molecule has 1 heterocycles. The zero-order valence-electron chi connectivity index (χ0n) is 11.8. The van der Waals surface area contributed by atoms with Crippen molar-refractivity contribution in [1.29, 1.82) is 0 Å². The van der Waals surface area contributed by atoms with Crippen molar-refractivity contribution >= 4 is 35.1 Å². The Bertz CT molecular complexity index is 860. The fourth-order valence-electron chi connectivity index (χ4n) is 2.82. The monoisotopic (exact) mass is 287 g/mol. The first-order valence-electron chi connectivity index (χ1n) is 6.69. The van der Waals surface area contributed by atoms with E-state index in [0.29, 0.717) is 0 Å². The van der Waals surface area contributed by atoms with Crippen LogP contribution in [0.5, 0.6) is 0 Å². The SMILES string of the molecule is [B+2]c1ccc(-n2c3ccccc3c3ccccc32)cc1.[OH-].[OH-]. The number of nitrogens with zero attached hydrogens (tertiary/aromatic N) is 1. The molecule has 0 bridgehead atoms. The predicted molar refractivity (Wildman–Crippen MR) is 90.0 cm³/mol. The van der Waals surface area contributed by atoms with Crippen molar-refractivity contribution in [2.24, 2.45) is 0 Å². The minimum absolute atomic E-state index is 0. The first-order chi connectivity index (χ1) is 9.84. The van der Waals surface area contributed by atoms with E-state index in [4.69, 9.17) is 7.85 Å². The number of benzene rings is 3. The van der Waals surface area contributed by atoms with Gasteiger partial charge in [0.1, 0.15) is 0 Å². The number of hydrogen-bond acceptors (Lipinski definition) is 2. The van der Waals surface area contributed by atoms with Gasteiger partial charge in [0.05, 0.1) is 0 Å². The maximum Gasteiger partial charge on any atom is -0.870 e. The molecule has 0 aliphatic rings. The van der Waals surface area contributed by atoms with Crippen molar-refractivity contribution in [3.05, 3.63) is 72.8 Å². The molecular weight excluding hydrogens is 273 g/mol. The van der Waals surface area contributed by atoms with Crippen LogP contribution in [-0.2, 0) is 0 Å². The van der Waals surface area contributed by atoms with Gasteiger partial charge in [0, 0.05) is 0 Å². The molecule has 0 spiro atoms. The molecule has 4 rings (SSSR count). The summed E-state index contributed by atoms with van der Waals surface area (Å²) in [6.07, 6.45) is 0. The van der Waals surface area contributed by atoms with Gasteiger partial charge in [-0.2, -0.15) is 0 Å². The Kier molecular flexibility index (Phi) is 4.36. The van der Waals surface area contributed by atoms with E-state index in [0.717, 1.165) is 11.2 Å². The van der Waals surface area contributed by atoms with E-state index in [-0.39, 0.29) is 11.0 Å². The Hall–Kier alpha value is -2.56. The van der Waals surface area contributed by atoms with Crippen LogP contribution in [0.4, 0.5) is 0 Å². The molecule has 0 amide bonds. The van der Waals surface area contributed by atoms with Crippen molar-refractivity contribution in [3.63, 3.8) is 0 Å². The van der Waals surface area contributed by atoms with E-state index in [1.807, 2.05) is 12.1 Å². The van der Waals surface area contributed by atoms with E-state index in [2.05, 4.69) is 65.2 Å². The molecule has 0 fully saturated rings. The van der Waals surface area contributed by atoms with Gasteiger partial charge in [-0.05, 0) is 0 Å². The minimum Gasteiger partial charge on any atom is -0.870 e. The molecule has 0 unspecified atom stereocenters. The van der Waals surface area contributed by atoms with Gasteiger partial charge in [-0.15, -0.1) is 0 Å². The molecule has 0 radical (unpaired) electrons. The first kappa shape index (κ1) is 15.8. The smallest absolute Gasteiger partial charge is 0.870 e. The van der Waals surface area contributed by atoms with Gasteiger partial charge in [0.25, 0.3) is 0 Å². The van der Waals surface area contributed by atoms with E-state index in [1.54, 1.807) is 0 Å². The van der Waals surface area contributed by atoms with Gasteiger partial charge >= 0.3 is 118 Å². The number of fused-ring (bicyclic) bond motifs is 3. The Morgan fingerprint density at radius 1 is 0.591 bits per heavy atom. The normalized spacial score (nSPS) is 10.3. The van der Waals surface area contributed by atoms with Crippen LogP contribution in [0.15, 0.2) is 72.8 Å². The van der Waals surface area contributed by atoms with Crippen LogP contribution < -0.4 is 5.46 Å². The maximum atomic E-state index is 5.80. The topological polar surface area (TPSA) is 64.9 Å². The van der Waals surface area contributed by atoms with E-state index in [1.165, 1.54) is 21.8 Å². The standard InChI is InChI=1S/C18H12BN.2H2O/c19-13-9-11-14(12-10-13)20-17-7-3-1-5-15(17)16-6-2-4-8-18(16)20;;/h1-12H;2*1H2/q+2;;/p-2. The average molecular weight is 287 g/mol. The molecule has 2 N–H and O–H groups in total. The third-order valence-corrected chi connectivity index (χ3v) is 3.73. The summed E-state index contributed by atoms with van der Waals surface area (Å²) in [6, 6.07) is 25.0. The van der Waals surface area contributed by atoms with Crippen LogP contribution >= 0.6 is 0 Å². The Morgan fingerprint density at radius 2 is 1.05 bits per heavy atom. The molecule has 4 heteroatoms. The molecule has 0 aliphatic heterocycles. The number of aromatic nitrogens is 1. The zero-order chi connectivity index (χ0) is 13.5. The van der Waals surface area contributed by atoms with Crippen LogP contribution in [-0.4, -0.2) is 23.4 Å². The summed E-state index contributed by atoms with van der Waals surface area (Å²) in [6.45, 7) is 0. The fraction of sp³-hybridized carbons (Fsp3) is 0. The molecule has 0 atom stereocenters. The summed E-state index contributed by atoms with van der Waals surface area (Å²) >= 11 is 0. The summed E-state index contributed by atoms with van der Waals surface area (Å²) in [5.74, 6) is 0. The number of rotatable bonds is 1. The van der Waals surface area contributed by atoms with Crippen LogP contribution in [0.1, 0.15) is 0 Å². The van der Waals surface area contributed by atoms with Crippen molar-refractivity contribution < 1.29 is 11.0 Å². The van der Waals surface area contributed by atoms with Crippen LogP contribution in [0.3, 0.4) is 0 Å². The van der Waals surface area contributed by atoms with Crippen molar-refractivity contribution in [2.75, 3.05) is 0 Å². The number of hydrogen-bond donors (Lipinski definition) is 0. The van der Waals surface area contributed by atoms with Gasteiger partial charge < -0.3 is 11.0 Å². The summed E-state index contributed by atoms with van der Waals surface area (Å²) in [5, 5.41) is 2.56. The van der Waals surface area contributed by atoms with Crippen LogP contribution in [0.2, 0.25) is 0 Å². The Balaban J connectivity index is 0.000000882. The molecule has 0 saturated heterocycles. The minimum atomic E-state index is 0. The summed E-state index contributed by atoms with van der Waals surface area (Å²) < 4.78 is 2.28. The molecule has 0 aliphatic carbocycles. The molecule has 22 heavy (non-hydrogen) atoms. The largest absolute Gasteiger partial charge is 0.870 e. The van der Waals surface area contributed by atoms with E-state index >= 15 is 0 Å². The van der Waals surface area contributed by atoms with Crippen LogP contribution in [0.25, 0.3) is 27.5 Å².